The summed E-state index contributed by atoms with van der Waals surface area (Å²) in [6, 6.07) is 5.11. The number of amides is 1. The molecule has 0 fully saturated rings. The molecule has 2 heterocycles. The van der Waals surface area contributed by atoms with E-state index in [0.29, 0.717) is 11.3 Å². The number of hydrogen-bond donors (Lipinski definition) is 2. The minimum Gasteiger partial charge on any atom is -0.466 e. The van der Waals surface area contributed by atoms with E-state index >= 15 is 0 Å². The van der Waals surface area contributed by atoms with Crippen LogP contribution in [0.25, 0.3) is 0 Å². The molecule has 96 valence electrons. The topological polar surface area (TPSA) is 62.5 Å². The van der Waals surface area contributed by atoms with Gasteiger partial charge < -0.3 is 14.8 Å². The van der Waals surface area contributed by atoms with Crippen LogP contribution in [0.15, 0.2) is 38.0 Å². The molecule has 0 spiro atoms. The van der Waals surface area contributed by atoms with Gasteiger partial charge in [-0.25, -0.2) is 0 Å². The Morgan fingerprint density at radius 3 is 3.00 bits per heavy atom. The highest BCUT2D eigenvalue weighted by Gasteiger charge is 2.27. The predicted molar refractivity (Wildman–Crippen MR) is 72.6 cm³/mol. The van der Waals surface area contributed by atoms with Gasteiger partial charge in [-0.1, -0.05) is 0 Å². The van der Waals surface area contributed by atoms with Gasteiger partial charge in [-0.2, -0.15) is 0 Å². The van der Waals surface area contributed by atoms with Crippen LogP contribution in [-0.4, -0.2) is 17.6 Å². The summed E-state index contributed by atoms with van der Waals surface area (Å²) in [7, 11) is 0. The lowest BCUT2D eigenvalue weighted by Gasteiger charge is -2.20. The summed E-state index contributed by atoms with van der Waals surface area (Å²) in [5.74, 6) is 0.207. The van der Waals surface area contributed by atoms with Crippen LogP contribution < -0.4 is 5.32 Å². The van der Waals surface area contributed by atoms with Crippen molar-refractivity contribution in [1.82, 2.24) is 5.32 Å². The van der Waals surface area contributed by atoms with Crippen molar-refractivity contribution < 1.29 is 14.3 Å². The Kier molecular flexibility index (Phi) is 3.89. The number of nitrogens with one attached hydrogen (secondary N) is 1. The maximum Gasteiger partial charge on any atom is 0.252 e. The normalized spacial score (nSPS) is 14.2. The average Bonchev–Trinajstić information content (AvgIpc) is 2.96. The number of halogens is 1. The van der Waals surface area contributed by atoms with Gasteiger partial charge in [-0.15, -0.1) is 11.3 Å². The van der Waals surface area contributed by atoms with Crippen LogP contribution in [0.2, 0.25) is 0 Å². The van der Waals surface area contributed by atoms with Crippen LogP contribution in [-0.2, 0) is 5.60 Å². The van der Waals surface area contributed by atoms with E-state index in [0.717, 1.165) is 3.79 Å². The molecule has 6 heteroatoms. The molecule has 0 aliphatic rings. The fourth-order valence-corrected chi connectivity index (χ4v) is 2.59. The number of hydrogen-bond acceptors (Lipinski definition) is 4. The number of carbonyl (C=O) groups is 1. The molecular weight excluding hydrogens is 318 g/mol. The van der Waals surface area contributed by atoms with E-state index in [4.69, 9.17) is 4.42 Å². The van der Waals surface area contributed by atoms with Gasteiger partial charge in [0.15, 0.2) is 0 Å². The van der Waals surface area contributed by atoms with Crippen molar-refractivity contribution in [3.63, 3.8) is 0 Å². The van der Waals surface area contributed by atoms with E-state index in [1.165, 1.54) is 17.6 Å². The van der Waals surface area contributed by atoms with Crippen molar-refractivity contribution in [2.45, 2.75) is 12.5 Å². The largest absolute Gasteiger partial charge is 0.466 e. The highest BCUT2D eigenvalue weighted by molar-refractivity contribution is 9.11. The molecule has 2 aromatic heterocycles. The molecule has 0 aliphatic heterocycles. The summed E-state index contributed by atoms with van der Waals surface area (Å²) < 4.78 is 6.03. The van der Waals surface area contributed by atoms with Gasteiger partial charge in [-0.3, -0.25) is 4.79 Å². The lowest BCUT2D eigenvalue weighted by Crippen LogP contribution is -2.38. The van der Waals surface area contributed by atoms with Gasteiger partial charge in [0.25, 0.3) is 5.91 Å². The number of carbonyl (C=O) groups excluding carboxylic acids is 1. The predicted octanol–water partition coefficient (Wildman–Crippen LogP) is 2.74. The van der Waals surface area contributed by atoms with Crippen LogP contribution in [0.5, 0.6) is 0 Å². The smallest absolute Gasteiger partial charge is 0.252 e. The maximum atomic E-state index is 11.8. The van der Waals surface area contributed by atoms with Crippen LogP contribution in [0.3, 0.4) is 0 Å². The Morgan fingerprint density at radius 2 is 2.44 bits per heavy atom. The molecule has 0 radical (unpaired) electrons. The Labute approximate surface area is 117 Å². The minimum atomic E-state index is -1.22. The molecular formula is C12H12BrNO3S. The summed E-state index contributed by atoms with van der Waals surface area (Å²) in [5.41, 5.74) is -0.644. The molecule has 0 aliphatic carbocycles. The highest BCUT2D eigenvalue weighted by atomic mass is 79.9. The minimum absolute atomic E-state index is 0.0901. The van der Waals surface area contributed by atoms with Crippen molar-refractivity contribution in [2.75, 3.05) is 6.54 Å². The fourth-order valence-electron chi connectivity index (χ4n) is 1.46. The van der Waals surface area contributed by atoms with Crippen molar-refractivity contribution in [1.29, 1.82) is 0 Å². The average molecular weight is 330 g/mol. The number of aliphatic hydroxyl groups is 1. The molecule has 0 aromatic carbocycles. The van der Waals surface area contributed by atoms with Crippen LogP contribution >= 0.6 is 27.3 Å². The number of thiophene rings is 1. The lowest BCUT2D eigenvalue weighted by atomic mass is 10.0. The molecule has 2 rings (SSSR count). The molecule has 0 saturated carbocycles. The van der Waals surface area contributed by atoms with Gasteiger partial charge in [0, 0.05) is 5.38 Å². The zero-order valence-electron chi connectivity index (χ0n) is 9.64. The van der Waals surface area contributed by atoms with E-state index in [9.17, 15) is 9.90 Å². The second-order valence-corrected chi connectivity index (χ2v) is 6.36. The third-order valence-electron chi connectivity index (χ3n) is 2.47. The first-order valence-corrected chi connectivity index (χ1v) is 6.95. The monoisotopic (exact) mass is 329 g/mol. The first-order valence-electron chi connectivity index (χ1n) is 5.27. The van der Waals surface area contributed by atoms with Crippen molar-refractivity contribution in [3.05, 3.63) is 45.0 Å². The van der Waals surface area contributed by atoms with Gasteiger partial charge >= 0.3 is 0 Å². The van der Waals surface area contributed by atoms with E-state index in [1.54, 1.807) is 30.5 Å². The standard InChI is InChI=1S/C12H12BrNO3S/c1-12(16,9-3-2-4-17-9)7-14-11(15)8-5-10(13)18-6-8/h2-6,16H,7H2,1H3,(H,14,15). The Balaban J connectivity index is 1.98. The number of furan rings is 1. The lowest BCUT2D eigenvalue weighted by molar-refractivity contribution is 0.0330. The SMILES string of the molecule is CC(O)(CNC(=O)c1csc(Br)c1)c1ccco1. The van der Waals surface area contributed by atoms with Gasteiger partial charge in [0.1, 0.15) is 11.4 Å². The first kappa shape index (κ1) is 13.3. The molecule has 4 nitrogen and oxygen atoms in total. The molecule has 0 bridgehead atoms. The van der Waals surface area contributed by atoms with Crippen molar-refractivity contribution >= 4 is 33.2 Å². The summed E-state index contributed by atoms with van der Waals surface area (Å²) in [5, 5.41) is 14.6. The maximum absolute atomic E-state index is 11.8. The molecule has 18 heavy (non-hydrogen) atoms. The summed E-state index contributed by atoms with van der Waals surface area (Å²) in [6.07, 6.45) is 1.49. The molecule has 1 unspecified atom stereocenters. The van der Waals surface area contributed by atoms with Crippen LogP contribution in [0, 0.1) is 0 Å². The fraction of sp³-hybridized carbons (Fsp3) is 0.250. The zero-order chi connectivity index (χ0) is 13.2. The molecule has 2 aromatic rings. The second-order valence-electron chi connectivity index (χ2n) is 4.07. The second kappa shape index (κ2) is 5.26. The van der Waals surface area contributed by atoms with E-state index in [-0.39, 0.29) is 12.5 Å². The summed E-state index contributed by atoms with van der Waals surface area (Å²) in [6.45, 7) is 1.68. The zero-order valence-corrected chi connectivity index (χ0v) is 12.0. The van der Waals surface area contributed by atoms with Gasteiger partial charge in [-0.05, 0) is 41.1 Å². The van der Waals surface area contributed by atoms with Gasteiger partial charge in [0.2, 0.25) is 0 Å². The Bertz CT molecular complexity index is 533. The molecule has 1 atom stereocenters. The van der Waals surface area contributed by atoms with Crippen molar-refractivity contribution in [2.24, 2.45) is 0 Å². The number of rotatable bonds is 4. The molecule has 0 saturated heterocycles. The highest BCUT2D eigenvalue weighted by Crippen LogP contribution is 2.22. The summed E-state index contributed by atoms with van der Waals surface area (Å²) in [4.78, 5) is 11.8. The van der Waals surface area contributed by atoms with Gasteiger partial charge in [0.05, 0.1) is 22.2 Å². The van der Waals surface area contributed by atoms with E-state index < -0.39 is 5.60 Å². The quantitative estimate of drug-likeness (QED) is 0.906. The third-order valence-corrected chi connectivity index (χ3v) is 3.98. The molecule has 2 N–H and O–H groups in total. The van der Waals surface area contributed by atoms with Crippen LogP contribution in [0.4, 0.5) is 0 Å². The van der Waals surface area contributed by atoms with E-state index in [1.807, 2.05) is 0 Å². The molecule has 1 amide bonds. The Hall–Kier alpha value is -1.11. The first-order chi connectivity index (χ1) is 8.49. The Morgan fingerprint density at radius 1 is 1.67 bits per heavy atom. The van der Waals surface area contributed by atoms with Crippen LogP contribution in [0.1, 0.15) is 23.0 Å². The third kappa shape index (κ3) is 3.01. The van der Waals surface area contributed by atoms with Crippen molar-refractivity contribution in [3.8, 4) is 0 Å². The van der Waals surface area contributed by atoms with E-state index in [2.05, 4.69) is 21.2 Å². The summed E-state index contributed by atoms with van der Waals surface area (Å²) >= 11 is 4.74.